The third kappa shape index (κ3) is 3.50. The highest BCUT2D eigenvalue weighted by Crippen LogP contribution is 2.46. The molecule has 5 heteroatoms. The molecule has 2 rings (SSSR count). The molecule has 1 aliphatic heterocycles. The normalized spacial score (nSPS) is 19.1. The summed E-state index contributed by atoms with van der Waals surface area (Å²) in [6, 6.07) is 5.42. The topological polar surface area (TPSA) is 49.6 Å². The van der Waals surface area contributed by atoms with Crippen LogP contribution in [0.1, 0.15) is 46.2 Å². The van der Waals surface area contributed by atoms with Crippen molar-refractivity contribution in [1.82, 2.24) is 14.8 Å². The molecule has 1 aliphatic rings. The maximum absolute atomic E-state index is 11.8. The van der Waals surface area contributed by atoms with Gasteiger partial charge in [0.05, 0.1) is 0 Å². The number of hydrogen-bond donors (Lipinski definition) is 1. The lowest BCUT2D eigenvalue weighted by molar-refractivity contribution is -0.0667. The zero-order chi connectivity index (χ0) is 18.0. The first kappa shape index (κ1) is 18.6. The van der Waals surface area contributed by atoms with E-state index in [0.717, 1.165) is 44.1 Å². The Morgan fingerprint density at radius 1 is 1.25 bits per heavy atom. The van der Waals surface area contributed by atoms with Crippen molar-refractivity contribution in [2.24, 2.45) is 10.4 Å². The first-order valence-electron chi connectivity index (χ1n) is 8.85. The Kier molecular flexibility index (Phi) is 5.41. The molecule has 0 atom stereocenters. The van der Waals surface area contributed by atoms with Crippen LogP contribution in [-0.4, -0.2) is 41.1 Å². The molecule has 1 aromatic rings. The Bertz CT molecular complexity index is 658. The van der Waals surface area contributed by atoms with Crippen LogP contribution in [0, 0.1) is 12.3 Å². The van der Waals surface area contributed by atoms with Crippen molar-refractivity contribution < 1.29 is 0 Å². The van der Waals surface area contributed by atoms with E-state index in [-0.39, 0.29) is 11.1 Å². The van der Waals surface area contributed by atoms with E-state index < -0.39 is 0 Å². The van der Waals surface area contributed by atoms with Crippen molar-refractivity contribution in [3.05, 3.63) is 34.2 Å². The number of pyridine rings is 1. The van der Waals surface area contributed by atoms with Crippen molar-refractivity contribution in [1.29, 1.82) is 0 Å². The van der Waals surface area contributed by atoms with Crippen LogP contribution in [0.3, 0.4) is 0 Å². The SMILES string of the molecule is CN=C(NCCCCn1c(C)cccc1=O)N1CC(C)(C)C1(C)C. The van der Waals surface area contributed by atoms with E-state index in [1.54, 1.807) is 6.07 Å². The molecule has 0 aromatic carbocycles. The van der Waals surface area contributed by atoms with Crippen LogP contribution in [0.2, 0.25) is 0 Å². The summed E-state index contributed by atoms with van der Waals surface area (Å²) in [5.41, 5.74) is 1.53. The average molecular weight is 332 g/mol. The minimum absolute atomic E-state index is 0.0864. The van der Waals surface area contributed by atoms with Gasteiger partial charge in [0.15, 0.2) is 5.96 Å². The number of aliphatic imine (C=N–C) groups is 1. The van der Waals surface area contributed by atoms with E-state index in [1.165, 1.54) is 0 Å². The molecular weight excluding hydrogens is 300 g/mol. The molecule has 0 unspecified atom stereocenters. The zero-order valence-corrected chi connectivity index (χ0v) is 16.0. The van der Waals surface area contributed by atoms with Gasteiger partial charge in [0.2, 0.25) is 0 Å². The maximum atomic E-state index is 11.8. The fraction of sp³-hybridized carbons (Fsp3) is 0.684. The molecule has 5 nitrogen and oxygen atoms in total. The summed E-state index contributed by atoms with van der Waals surface area (Å²) in [7, 11) is 1.84. The van der Waals surface area contributed by atoms with Crippen LogP contribution in [0.15, 0.2) is 28.0 Å². The molecule has 24 heavy (non-hydrogen) atoms. The van der Waals surface area contributed by atoms with Gasteiger partial charge in [-0.25, -0.2) is 0 Å². The monoisotopic (exact) mass is 332 g/mol. The second-order valence-corrected chi connectivity index (χ2v) is 7.87. The number of aromatic nitrogens is 1. The highest BCUT2D eigenvalue weighted by molar-refractivity contribution is 5.81. The number of hydrogen-bond acceptors (Lipinski definition) is 2. The molecule has 1 aromatic heterocycles. The number of aryl methyl sites for hydroxylation is 1. The standard InChI is InChI=1S/C19H32N4O/c1-15-10-9-11-16(24)22(15)13-8-7-12-21-17(20-6)23-14-18(2,3)19(23,4)5/h9-11H,7-8,12-14H2,1-6H3,(H,20,21). The van der Waals surface area contributed by atoms with Crippen LogP contribution in [-0.2, 0) is 6.54 Å². The van der Waals surface area contributed by atoms with E-state index >= 15 is 0 Å². The molecule has 0 aliphatic carbocycles. The second-order valence-electron chi connectivity index (χ2n) is 7.87. The number of likely N-dealkylation sites (tertiary alicyclic amines) is 1. The Labute approximate surface area is 145 Å². The van der Waals surface area contributed by atoms with Gasteiger partial charge in [-0.05, 0) is 39.7 Å². The van der Waals surface area contributed by atoms with Gasteiger partial charge in [-0.1, -0.05) is 19.9 Å². The highest BCUT2D eigenvalue weighted by Gasteiger charge is 2.53. The van der Waals surface area contributed by atoms with E-state index in [2.05, 4.69) is 42.9 Å². The van der Waals surface area contributed by atoms with Gasteiger partial charge in [-0.2, -0.15) is 0 Å². The predicted molar refractivity (Wildman–Crippen MR) is 101 cm³/mol. The highest BCUT2D eigenvalue weighted by atomic mass is 16.1. The number of nitrogens with one attached hydrogen (secondary N) is 1. The number of unbranched alkanes of at least 4 members (excludes halogenated alkanes) is 1. The van der Waals surface area contributed by atoms with E-state index in [9.17, 15) is 4.79 Å². The largest absolute Gasteiger partial charge is 0.356 e. The minimum atomic E-state index is 0.0864. The number of guanidine groups is 1. The summed E-state index contributed by atoms with van der Waals surface area (Å²) in [6.07, 6.45) is 1.99. The quantitative estimate of drug-likeness (QED) is 0.512. The fourth-order valence-corrected chi connectivity index (χ4v) is 3.20. The number of nitrogens with zero attached hydrogens (tertiary/aromatic N) is 3. The summed E-state index contributed by atoms with van der Waals surface area (Å²) in [4.78, 5) is 18.6. The van der Waals surface area contributed by atoms with Crippen molar-refractivity contribution >= 4 is 5.96 Å². The van der Waals surface area contributed by atoms with Crippen molar-refractivity contribution in [2.45, 2.75) is 59.5 Å². The third-order valence-electron chi connectivity index (χ3n) is 5.71. The molecule has 0 bridgehead atoms. The fourth-order valence-electron chi connectivity index (χ4n) is 3.20. The van der Waals surface area contributed by atoms with Gasteiger partial charge in [-0.15, -0.1) is 0 Å². The van der Waals surface area contributed by atoms with Gasteiger partial charge in [-0.3, -0.25) is 9.79 Å². The summed E-state index contributed by atoms with van der Waals surface area (Å²) in [5.74, 6) is 0.979. The Morgan fingerprint density at radius 2 is 1.96 bits per heavy atom. The summed E-state index contributed by atoms with van der Waals surface area (Å²) >= 11 is 0. The molecule has 134 valence electrons. The van der Waals surface area contributed by atoms with Gasteiger partial charge in [0.1, 0.15) is 0 Å². The maximum Gasteiger partial charge on any atom is 0.250 e. The molecule has 1 N–H and O–H groups in total. The van der Waals surface area contributed by atoms with E-state index in [4.69, 9.17) is 0 Å². The van der Waals surface area contributed by atoms with Crippen molar-refractivity contribution in [3.63, 3.8) is 0 Å². The van der Waals surface area contributed by atoms with Gasteiger partial charge < -0.3 is 14.8 Å². The lowest BCUT2D eigenvalue weighted by Crippen LogP contribution is -2.72. The predicted octanol–water partition coefficient (Wildman–Crippen LogP) is 2.63. The Balaban J connectivity index is 1.79. The van der Waals surface area contributed by atoms with Crippen LogP contribution in [0.5, 0.6) is 0 Å². The molecule has 1 saturated heterocycles. The van der Waals surface area contributed by atoms with Gasteiger partial charge in [0.25, 0.3) is 5.56 Å². The summed E-state index contributed by atoms with van der Waals surface area (Å²) < 4.78 is 1.84. The summed E-state index contributed by atoms with van der Waals surface area (Å²) in [6.45, 7) is 13.8. The lowest BCUT2D eigenvalue weighted by Gasteiger charge is -2.62. The molecule has 0 radical (unpaired) electrons. The van der Waals surface area contributed by atoms with Gasteiger partial charge >= 0.3 is 0 Å². The average Bonchev–Trinajstić information content (AvgIpc) is 2.51. The van der Waals surface area contributed by atoms with Crippen LogP contribution >= 0.6 is 0 Å². The van der Waals surface area contributed by atoms with Gasteiger partial charge in [0, 0.05) is 49.4 Å². The smallest absolute Gasteiger partial charge is 0.250 e. The van der Waals surface area contributed by atoms with E-state index in [0.29, 0.717) is 5.41 Å². The van der Waals surface area contributed by atoms with E-state index in [1.807, 2.05) is 30.7 Å². The summed E-state index contributed by atoms with van der Waals surface area (Å²) in [5, 5.41) is 3.47. The third-order valence-corrected chi connectivity index (χ3v) is 5.71. The molecule has 0 saturated carbocycles. The molecule has 1 fully saturated rings. The zero-order valence-electron chi connectivity index (χ0n) is 16.0. The Morgan fingerprint density at radius 3 is 2.50 bits per heavy atom. The number of rotatable bonds is 5. The molecule has 0 amide bonds. The molecule has 0 spiro atoms. The van der Waals surface area contributed by atoms with Crippen LogP contribution < -0.4 is 10.9 Å². The van der Waals surface area contributed by atoms with Crippen molar-refractivity contribution in [3.8, 4) is 0 Å². The molecular formula is C19H32N4O. The van der Waals surface area contributed by atoms with Crippen molar-refractivity contribution in [2.75, 3.05) is 20.1 Å². The first-order valence-corrected chi connectivity index (χ1v) is 8.85. The minimum Gasteiger partial charge on any atom is -0.356 e. The lowest BCUT2D eigenvalue weighted by atomic mass is 9.65. The van der Waals surface area contributed by atoms with Crippen LogP contribution in [0.25, 0.3) is 0 Å². The van der Waals surface area contributed by atoms with Crippen LogP contribution in [0.4, 0.5) is 0 Å². The Hall–Kier alpha value is -1.78. The second kappa shape index (κ2) is 6.99. The first-order chi connectivity index (χ1) is 11.2. The molecule has 2 heterocycles.